The van der Waals surface area contributed by atoms with Gasteiger partial charge in [-0.15, -0.1) is 0 Å². The van der Waals surface area contributed by atoms with Crippen LogP contribution in [0.4, 0.5) is 5.69 Å². The van der Waals surface area contributed by atoms with Gasteiger partial charge in [0.05, 0.1) is 17.1 Å². The number of amides is 1. The van der Waals surface area contributed by atoms with Crippen LogP contribution in [0.15, 0.2) is 45.7 Å². The van der Waals surface area contributed by atoms with Crippen LogP contribution in [0.2, 0.25) is 0 Å². The largest absolute Gasteiger partial charge is 0.455 e. The molecule has 0 unspecified atom stereocenters. The first-order valence-electron chi connectivity index (χ1n) is 9.82. The topological polar surface area (TPSA) is 97.4 Å². The fourth-order valence-electron chi connectivity index (χ4n) is 3.72. The van der Waals surface area contributed by atoms with Gasteiger partial charge in [-0.25, -0.2) is 13.1 Å². The van der Waals surface area contributed by atoms with Crippen LogP contribution in [0.5, 0.6) is 0 Å². The summed E-state index contributed by atoms with van der Waals surface area (Å²) in [6.07, 6.45) is 1.68. The molecule has 1 aromatic carbocycles. The van der Waals surface area contributed by atoms with E-state index >= 15 is 0 Å². The van der Waals surface area contributed by atoms with Crippen molar-refractivity contribution in [1.82, 2.24) is 14.1 Å². The Kier molecular flexibility index (Phi) is 5.25. The fraction of sp³-hybridized carbons (Fsp3) is 0.333. The number of benzene rings is 1. The smallest absolute Gasteiger partial charge is 0.291 e. The van der Waals surface area contributed by atoms with E-state index in [2.05, 4.69) is 10.4 Å². The average Bonchev–Trinajstić information content (AvgIpc) is 3.43. The molecular weight excluding hydrogens is 404 g/mol. The van der Waals surface area contributed by atoms with Crippen LogP contribution in [0.3, 0.4) is 0 Å². The number of furan rings is 1. The number of aryl methyl sites for hydroxylation is 3. The summed E-state index contributed by atoms with van der Waals surface area (Å²) < 4.78 is 34.4. The second-order valence-electron chi connectivity index (χ2n) is 7.45. The Balaban J connectivity index is 1.63. The maximum Gasteiger partial charge on any atom is 0.291 e. The molecule has 8 nitrogen and oxygen atoms in total. The minimum atomic E-state index is -3.66. The number of hydrogen-bond donors (Lipinski definition) is 1. The lowest BCUT2D eigenvalue weighted by Crippen LogP contribution is -2.28. The van der Waals surface area contributed by atoms with Gasteiger partial charge in [-0.1, -0.05) is 12.1 Å². The lowest BCUT2D eigenvalue weighted by Gasteiger charge is -2.14. The Labute approximate surface area is 175 Å². The molecule has 1 fully saturated rings. The first kappa shape index (κ1) is 20.4. The minimum Gasteiger partial charge on any atom is -0.455 e. The number of para-hydroxylation sites is 2. The van der Waals surface area contributed by atoms with Crippen molar-refractivity contribution in [3.63, 3.8) is 0 Å². The molecule has 1 saturated heterocycles. The van der Waals surface area contributed by atoms with Crippen LogP contribution >= 0.6 is 0 Å². The number of aromatic nitrogens is 2. The van der Waals surface area contributed by atoms with Gasteiger partial charge in [0.1, 0.15) is 10.7 Å². The fourth-order valence-corrected chi connectivity index (χ4v) is 5.40. The monoisotopic (exact) mass is 428 g/mol. The Morgan fingerprint density at radius 3 is 2.47 bits per heavy atom. The van der Waals surface area contributed by atoms with Crippen molar-refractivity contribution in [2.24, 2.45) is 0 Å². The number of carbonyl (C=O) groups excluding carboxylic acids is 1. The molecule has 9 heteroatoms. The molecule has 0 bridgehead atoms. The number of nitrogens with zero attached hydrogens (tertiary/aromatic N) is 3. The van der Waals surface area contributed by atoms with E-state index < -0.39 is 15.9 Å². The molecule has 0 aliphatic carbocycles. The predicted octanol–water partition coefficient (Wildman–Crippen LogP) is 3.43. The molecule has 3 heterocycles. The highest BCUT2D eigenvalue weighted by molar-refractivity contribution is 7.89. The summed E-state index contributed by atoms with van der Waals surface area (Å²) in [7, 11) is -3.66. The number of rotatable bonds is 5. The van der Waals surface area contributed by atoms with Gasteiger partial charge >= 0.3 is 0 Å². The third kappa shape index (κ3) is 3.66. The number of nitrogens with one attached hydrogen (secondary N) is 1. The van der Waals surface area contributed by atoms with E-state index in [0.717, 1.165) is 24.2 Å². The number of hydrogen-bond acceptors (Lipinski definition) is 5. The molecule has 0 saturated carbocycles. The van der Waals surface area contributed by atoms with Crippen molar-refractivity contribution in [3.8, 4) is 5.69 Å². The van der Waals surface area contributed by atoms with Gasteiger partial charge in [0.2, 0.25) is 10.0 Å². The minimum absolute atomic E-state index is 0.0429. The van der Waals surface area contributed by atoms with E-state index in [4.69, 9.17) is 4.42 Å². The highest BCUT2D eigenvalue weighted by Gasteiger charge is 2.31. The Bertz CT molecular complexity index is 1200. The van der Waals surface area contributed by atoms with E-state index in [1.54, 1.807) is 23.7 Å². The van der Waals surface area contributed by atoms with Gasteiger partial charge in [0, 0.05) is 24.8 Å². The maximum absolute atomic E-state index is 12.9. The summed E-state index contributed by atoms with van der Waals surface area (Å²) in [6.45, 7) is 6.38. The van der Waals surface area contributed by atoms with Crippen molar-refractivity contribution in [2.75, 3.05) is 18.4 Å². The highest BCUT2D eigenvalue weighted by atomic mass is 32.2. The van der Waals surface area contributed by atoms with Gasteiger partial charge in [-0.2, -0.15) is 9.40 Å². The zero-order valence-corrected chi connectivity index (χ0v) is 18.0. The van der Waals surface area contributed by atoms with Gasteiger partial charge < -0.3 is 9.73 Å². The van der Waals surface area contributed by atoms with Crippen LogP contribution in [0.1, 0.15) is 40.5 Å². The Morgan fingerprint density at radius 1 is 1.10 bits per heavy atom. The van der Waals surface area contributed by atoms with Gasteiger partial charge in [-0.3, -0.25) is 4.79 Å². The molecule has 4 rings (SSSR count). The van der Waals surface area contributed by atoms with Gasteiger partial charge in [0.25, 0.3) is 5.91 Å². The molecule has 0 radical (unpaired) electrons. The molecule has 0 atom stereocenters. The molecule has 3 aromatic rings. The van der Waals surface area contributed by atoms with Crippen molar-refractivity contribution in [1.29, 1.82) is 0 Å². The lowest BCUT2D eigenvalue weighted by molar-refractivity contribution is 0.0995. The SMILES string of the molecule is Cc1cc(C)n(-c2ccccc2NC(=O)c2cc(S(=O)(=O)N3CCCC3)c(C)o2)n1. The highest BCUT2D eigenvalue weighted by Crippen LogP contribution is 2.28. The Morgan fingerprint density at radius 2 is 1.80 bits per heavy atom. The second-order valence-corrected chi connectivity index (χ2v) is 9.36. The number of sulfonamides is 1. The number of anilines is 1. The molecular formula is C21H24N4O4S. The summed E-state index contributed by atoms with van der Waals surface area (Å²) >= 11 is 0. The van der Waals surface area contributed by atoms with E-state index in [9.17, 15) is 13.2 Å². The average molecular weight is 429 g/mol. The van der Waals surface area contributed by atoms with E-state index in [1.807, 2.05) is 32.0 Å². The summed E-state index contributed by atoms with van der Waals surface area (Å²) in [5.41, 5.74) is 3.06. The predicted molar refractivity (Wildman–Crippen MR) is 112 cm³/mol. The molecule has 1 N–H and O–H groups in total. The van der Waals surface area contributed by atoms with Crippen LogP contribution < -0.4 is 5.32 Å². The molecule has 2 aromatic heterocycles. The second kappa shape index (κ2) is 7.73. The zero-order chi connectivity index (χ0) is 21.5. The molecule has 1 aliphatic rings. The van der Waals surface area contributed by atoms with E-state index in [1.165, 1.54) is 10.4 Å². The summed E-state index contributed by atoms with van der Waals surface area (Å²) in [4.78, 5) is 12.9. The summed E-state index contributed by atoms with van der Waals surface area (Å²) in [6, 6.07) is 10.5. The molecule has 158 valence electrons. The third-order valence-electron chi connectivity index (χ3n) is 5.17. The lowest BCUT2D eigenvalue weighted by atomic mass is 10.2. The summed E-state index contributed by atoms with van der Waals surface area (Å²) in [5.74, 6) is -0.359. The van der Waals surface area contributed by atoms with Crippen LogP contribution in [-0.4, -0.2) is 41.5 Å². The van der Waals surface area contributed by atoms with E-state index in [0.29, 0.717) is 24.5 Å². The van der Waals surface area contributed by atoms with Crippen molar-refractivity contribution >= 4 is 21.6 Å². The first-order valence-corrected chi connectivity index (χ1v) is 11.3. The Hall–Kier alpha value is -2.91. The quantitative estimate of drug-likeness (QED) is 0.671. The molecule has 1 aliphatic heterocycles. The summed E-state index contributed by atoms with van der Waals surface area (Å²) in [5, 5.41) is 7.29. The van der Waals surface area contributed by atoms with E-state index in [-0.39, 0.29) is 16.4 Å². The zero-order valence-electron chi connectivity index (χ0n) is 17.2. The first-order chi connectivity index (χ1) is 14.3. The molecule has 1 amide bonds. The van der Waals surface area contributed by atoms with Gasteiger partial charge in [-0.05, 0) is 51.8 Å². The molecule has 30 heavy (non-hydrogen) atoms. The molecule has 0 spiro atoms. The van der Waals surface area contributed by atoms with Crippen LogP contribution in [0, 0.1) is 20.8 Å². The normalized spacial score (nSPS) is 14.9. The maximum atomic E-state index is 12.9. The van der Waals surface area contributed by atoms with Gasteiger partial charge in [0.15, 0.2) is 5.76 Å². The van der Waals surface area contributed by atoms with Crippen molar-refractivity contribution in [2.45, 2.75) is 38.5 Å². The third-order valence-corrected chi connectivity index (χ3v) is 7.18. The van der Waals surface area contributed by atoms with Crippen molar-refractivity contribution < 1.29 is 17.6 Å². The van der Waals surface area contributed by atoms with Crippen LogP contribution in [0.25, 0.3) is 5.69 Å². The standard InChI is InChI=1S/C21H24N4O4S/c1-14-12-15(2)25(23-14)18-9-5-4-8-17(18)22-21(26)19-13-20(16(3)29-19)30(27,28)24-10-6-7-11-24/h4-5,8-9,12-13H,6-7,10-11H2,1-3H3,(H,22,26). The number of carbonyl (C=O) groups is 1. The van der Waals surface area contributed by atoms with Crippen molar-refractivity contribution in [3.05, 3.63) is 59.3 Å². The van der Waals surface area contributed by atoms with Crippen LogP contribution in [-0.2, 0) is 10.0 Å².